The Morgan fingerprint density at radius 1 is 1.14 bits per heavy atom. The highest BCUT2D eigenvalue weighted by Gasteiger charge is 2.38. The third-order valence-corrected chi connectivity index (χ3v) is 8.35. The number of aromatic amines is 1. The predicted molar refractivity (Wildman–Crippen MR) is 88.1 cm³/mol. The minimum absolute atomic E-state index is 0.152. The van der Waals surface area contributed by atoms with Crippen LogP contribution in [0.2, 0.25) is 18.1 Å². The zero-order valence-electron chi connectivity index (χ0n) is 13.2. The van der Waals surface area contributed by atoms with Gasteiger partial charge in [0.05, 0.1) is 5.69 Å². The van der Waals surface area contributed by atoms with E-state index in [1.165, 1.54) is 6.07 Å². The molecule has 0 saturated carbocycles. The van der Waals surface area contributed by atoms with E-state index in [1.54, 1.807) is 6.07 Å². The highest BCUT2D eigenvalue weighted by atomic mass is 28.4. The van der Waals surface area contributed by atoms with Crippen LogP contribution in [0.25, 0.3) is 11.3 Å². The molecule has 0 bridgehead atoms. The van der Waals surface area contributed by atoms with Crippen molar-refractivity contribution in [1.82, 2.24) is 10.2 Å². The molecule has 112 valence electrons. The van der Waals surface area contributed by atoms with Crippen molar-refractivity contribution in [2.45, 2.75) is 38.9 Å². The number of benzene rings is 1. The van der Waals surface area contributed by atoms with Crippen molar-refractivity contribution in [3.63, 3.8) is 0 Å². The van der Waals surface area contributed by atoms with Gasteiger partial charge in [0.2, 0.25) is 8.32 Å². The predicted octanol–water partition coefficient (Wildman–Crippen LogP) is 3.82. The molecule has 0 aliphatic heterocycles. The second-order valence-electron chi connectivity index (χ2n) is 6.70. The number of hydrogen-bond acceptors (Lipinski definition) is 3. The van der Waals surface area contributed by atoms with Crippen LogP contribution in [0.15, 0.2) is 41.2 Å². The van der Waals surface area contributed by atoms with Gasteiger partial charge in [-0.3, -0.25) is 4.79 Å². The second kappa shape index (κ2) is 5.48. The lowest BCUT2D eigenvalue weighted by Crippen LogP contribution is -2.43. The molecule has 4 nitrogen and oxygen atoms in total. The number of nitrogens with zero attached hydrogens (tertiary/aromatic N) is 1. The van der Waals surface area contributed by atoms with Crippen molar-refractivity contribution in [3.05, 3.63) is 46.8 Å². The van der Waals surface area contributed by atoms with E-state index in [4.69, 9.17) is 4.43 Å². The van der Waals surface area contributed by atoms with Crippen molar-refractivity contribution in [2.24, 2.45) is 0 Å². The summed E-state index contributed by atoms with van der Waals surface area (Å²) in [5.41, 5.74) is 1.46. The maximum Gasteiger partial charge on any atom is 0.264 e. The number of aromatic nitrogens is 2. The van der Waals surface area contributed by atoms with E-state index < -0.39 is 8.32 Å². The van der Waals surface area contributed by atoms with Crippen LogP contribution in [0.4, 0.5) is 0 Å². The molecule has 5 heteroatoms. The molecule has 0 amide bonds. The first kappa shape index (κ1) is 15.5. The van der Waals surface area contributed by atoms with Crippen LogP contribution in [-0.2, 0) is 0 Å². The molecule has 0 radical (unpaired) electrons. The van der Waals surface area contributed by atoms with E-state index in [0.717, 1.165) is 17.0 Å². The maximum absolute atomic E-state index is 11.1. The fourth-order valence-corrected chi connectivity index (χ4v) is 2.69. The Labute approximate surface area is 126 Å². The smallest absolute Gasteiger partial charge is 0.264 e. The monoisotopic (exact) mass is 302 g/mol. The molecular weight excluding hydrogens is 280 g/mol. The zero-order valence-corrected chi connectivity index (χ0v) is 14.2. The van der Waals surface area contributed by atoms with Gasteiger partial charge < -0.3 is 4.43 Å². The van der Waals surface area contributed by atoms with Crippen LogP contribution in [0.5, 0.6) is 5.75 Å². The van der Waals surface area contributed by atoms with Gasteiger partial charge >= 0.3 is 0 Å². The van der Waals surface area contributed by atoms with E-state index in [2.05, 4.69) is 44.1 Å². The first-order valence-corrected chi connectivity index (χ1v) is 9.95. The van der Waals surface area contributed by atoms with Crippen LogP contribution >= 0.6 is 0 Å². The third kappa shape index (κ3) is 3.61. The Hall–Kier alpha value is -1.88. The fourth-order valence-electron chi connectivity index (χ4n) is 1.67. The Bertz CT molecular complexity index is 667. The molecule has 1 N–H and O–H groups in total. The molecule has 21 heavy (non-hydrogen) atoms. The zero-order chi connectivity index (χ0) is 15.7. The SMILES string of the molecule is CC(C)(C)[Si](C)(C)Oc1cccc(-c2ccc(=O)[nH]n2)c1. The Kier molecular flexibility index (Phi) is 4.05. The van der Waals surface area contributed by atoms with E-state index in [1.807, 2.05) is 24.3 Å². The molecule has 1 aromatic heterocycles. The van der Waals surface area contributed by atoms with Crippen LogP contribution in [0.1, 0.15) is 20.8 Å². The van der Waals surface area contributed by atoms with Gasteiger partial charge in [0.1, 0.15) is 5.75 Å². The molecular formula is C16H22N2O2Si. The van der Waals surface area contributed by atoms with Crippen LogP contribution in [0, 0.1) is 0 Å². The average molecular weight is 302 g/mol. The quantitative estimate of drug-likeness (QED) is 0.877. The first-order chi connectivity index (χ1) is 9.69. The Balaban J connectivity index is 2.30. The van der Waals surface area contributed by atoms with Crippen LogP contribution in [-0.4, -0.2) is 18.5 Å². The van der Waals surface area contributed by atoms with Gasteiger partial charge in [-0.05, 0) is 36.3 Å². The summed E-state index contributed by atoms with van der Waals surface area (Å²) in [6.07, 6.45) is 0. The summed E-state index contributed by atoms with van der Waals surface area (Å²) >= 11 is 0. The lowest BCUT2D eigenvalue weighted by molar-refractivity contribution is 0.492. The molecule has 1 heterocycles. The third-order valence-electron chi connectivity index (χ3n) is 3.99. The minimum atomic E-state index is -1.86. The van der Waals surface area contributed by atoms with Gasteiger partial charge in [0.15, 0.2) is 0 Å². The number of H-pyrrole nitrogens is 1. The molecule has 0 fully saturated rings. The molecule has 0 saturated heterocycles. The summed E-state index contributed by atoms with van der Waals surface area (Å²) in [5, 5.41) is 6.66. The highest BCUT2D eigenvalue weighted by molar-refractivity contribution is 6.74. The van der Waals surface area contributed by atoms with Crippen molar-refractivity contribution < 1.29 is 4.43 Å². The van der Waals surface area contributed by atoms with Crippen LogP contribution < -0.4 is 9.99 Å². The average Bonchev–Trinajstić information content (AvgIpc) is 2.38. The van der Waals surface area contributed by atoms with Crippen molar-refractivity contribution in [3.8, 4) is 17.0 Å². The maximum atomic E-state index is 11.1. The molecule has 0 aliphatic carbocycles. The Morgan fingerprint density at radius 3 is 2.43 bits per heavy atom. The van der Waals surface area contributed by atoms with Crippen molar-refractivity contribution in [2.75, 3.05) is 0 Å². The van der Waals surface area contributed by atoms with Gasteiger partial charge in [-0.2, -0.15) is 5.10 Å². The standard InChI is InChI=1S/C16H22N2O2Si/c1-16(2,3)21(4,5)20-13-8-6-7-12(11-13)14-9-10-15(19)18-17-14/h6-11H,1-5H3,(H,18,19). The van der Waals surface area contributed by atoms with Crippen molar-refractivity contribution >= 4 is 8.32 Å². The molecule has 0 spiro atoms. The minimum Gasteiger partial charge on any atom is -0.543 e. The summed E-state index contributed by atoms with van der Waals surface area (Å²) in [6, 6.07) is 11.0. The highest BCUT2D eigenvalue weighted by Crippen LogP contribution is 2.37. The summed E-state index contributed by atoms with van der Waals surface area (Å²) in [4.78, 5) is 11.1. The van der Waals surface area contributed by atoms with Gasteiger partial charge in [-0.25, -0.2) is 5.10 Å². The van der Waals surface area contributed by atoms with E-state index in [9.17, 15) is 4.79 Å². The van der Waals surface area contributed by atoms with Gasteiger partial charge in [-0.15, -0.1) is 0 Å². The summed E-state index contributed by atoms with van der Waals surface area (Å²) in [5.74, 6) is 0.854. The van der Waals surface area contributed by atoms with Gasteiger partial charge in [0.25, 0.3) is 5.56 Å². The van der Waals surface area contributed by atoms with Crippen LogP contribution in [0.3, 0.4) is 0 Å². The summed E-state index contributed by atoms with van der Waals surface area (Å²) in [6.45, 7) is 11.1. The molecule has 0 unspecified atom stereocenters. The topological polar surface area (TPSA) is 55.0 Å². The molecule has 1 aromatic carbocycles. The first-order valence-electron chi connectivity index (χ1n) is 7.04. The fraction of sp³-hybridized carbons (Fsp3) is 0.375. The van der Waals surface area contributed by atoms with Gasteiger partial charge in [0, 0.05) is 11.6 Å². The Morgan fingerprint density at radius 2 is 1.86 bits per heavy atom. The van der Waals surface area contributed by atoms with E-state index in [0.29, 0.717) is 0 Å². The lowest BCUT2D eigenvalue weighted by atomic mass is 10.1. The summed E-state index contributed by atoms with van der Waals surface area (Å²) < 4.78 is 6.29. The van der Waals surface area contributed by atoms with Gasteiger partial charge in [-0.1, -0.05) is 32.9 Å². The molecule has 0 aliphatic rings. The number of rotatable bonds is 3. The lowest BCUT2D eigenvalue weighted by Gasteiger charge is -2.36. The van der Waals surface area contributed by atoms with E-state index in [-0.39, 0.29) is 10.6 Å². The van der Waals surface area contributed by atoms with E-state index >= 15 is 0 Å². The normalized spacial score (nSPS) is 12.2. The number of hydrogen-bond donors (Lipinski definition) is 1. The largest absolute Gasteiger partial charge is 0.543 e. The number of nitrogens with one attached hydrogen (secondary N) is 1. The molecule has 2 aromatic rings. The second-order valence-corrected chi connectivity index (χ2v) is 11.4. The molecule has 0 atom stereocenters. The summed E-state index contributed by atoms with van der Waals surface area (Å²) in [7, 11) is -1.86. The molecule has 2 rings (SSSR count). The van der Waals surface area contributed by atoms with Crippen molar-refractivity contribution in [1.29, 1.82) is 0 Å².